The highest BCUT2D eigenvalue weighted by Crippen LogP contribution is 2.36. The molecule has 0 N–H and O–H groups in total. The largest absolute Gasteiger partial charge is 0.658 e. The Hall–Kier alpha value is -2.34. The maximum absolute atomic E-state index is 12.8. The standard InChI is InChI=1S/C20H20F3N2O/c1-25-10-8-14(9-11-25)19(26)15-4-2-6-17(12-15)24-18-7-3-5-16(13-18)20(21,22)23/h2-7,12-14H,8-11H2,1H3/q-1. The molecule has 138 valence electrons. The number of nitrogens with zero attached hydrogens (tertiary/aromatic N) is 2. The minimum absolute atomic E-state index is 0.00462. The zero-order chi connectivity index (χ0) is 18.7. The molecule has 3 nitrogen and oxygen atoms in total. The van der Waals surface area contributed by atoms with Crippen LogP contribution in [0, 0.1) is 5.92 Å². The number of hydrogen-bond donors (Lipinski definition) is 0. The molecule has 1 fully saturated rings. The van der Waals surface area contributed by atoms with Crippen LogP contribution >= 0.6 is 0 Å². The lowest BCUT2D eigenvalue weighted by molar-refractivity contribution is -0.137. The SMILES string of the molecule is CN1CCC(C(=O)c2cccc([N-]c3cccc(C(F)(F)F)c3)c2)CC1. The van der Waals surface area contributed by atoms with Crippen molar-refractivity contribution in [1.29, 1.82) is 0 Å². The molecule has 2 aromatic carbocycles. The van der Waals surface area contributed by atoms with Crippen LogP contribution in [0.3, 0.4) is 0 Å². The second-order valence-electron chi connectivity index (χ2n) is 6.65. The summed E-state index contributed by atoms with van der Waals surface area (Å²) in [5.41, 5.74) is 0.511. The van der Waals surface area contributed by atoms with Gasteiger partial charge in [0.25, 0.3) is 0 Å². The highest BCUT2D eigenvalue weighted by atomic mass is 19.4. The minimum atomic E-state index is -4.41. The van der Waals surface area contributed by atoms with E-state index in [1.54, 1.807) is 24.3 Å². The molecule has 26 heavy (non-hydrogen) atoms. The second-order valence-corrected chi connectivity index (χ2v) is 6.65. The summed E-state index contributed by atoms with van der Waals surface area (Å²) in [5, 5.41) is 4.26. The van der Waals surface area contributed by atoms with Crippen LogP contribution in [0.1, 0.15) is 28.8 Å². The molecule has 0 bridgehead atoms. The van der Waals surface area contributed by atoms with Gasteiger partial charge in [0.1, 0.15) is 0 Å². The lowest BCUT2D eigenvalue weighted by atomic mass is 9.89. The molecule has 0 saturated carbocycles. The van der Waals surface area contributed by atoms with E-state index >= 15 is 0 Å². The van der Waals surface area contributed by atoms with Crippen molar-refractivity contribution in [1.82, 2.24) is 4.90 Å². The topological polar surface area (TPSA) is 34.4 Å². The predicted molar refractivity (Wildman–Crippen MR) is 95.1 cm³/mol. The summed E-state index contributed by atoms with van der Waals surface area (Å²) in [6.07, 6.45) is -2.76. The third-order valence-corrected chi connectivity index (χ3v) is 4.65. The van der Waals surface area contributed by atoms with E-state index in [0.717, 1.165) is 38.1 Å². The van der Waals surface area contributed by atoms with Gasteiger partial charge in [0.05, 0.1) is 5.56 Å². The van der Waals surface area contributed by atoms with Gasteiger partial charge in [-0.2, -0.15) is 13.2 Å². The van der Waals surface area contributed by atoms with Gasteiger partial charge in [-0.15, -0.1) is 11.4 Å². The fourth-order valence-corrected chi connectivity index (χ4v) is 3.14. The van der Waals surface area contributed by atoms with E-state index in [1.807, 2.05) is 7.05 Å². The minimum Gasteiger partial charge on any atom is -0.658 e. The Morgan fingerprint density at radius 2 is 1.65 bits per heavy atom. The molecule has 1 heterocycles. The van der Waals surface area contributed by atoms with Gasteiger partial charge in [0.2, 0.25) is 0 Å². The molecular weight excluding hydrogens is 341 g/mol. The first-order chi connectivity index (χ1) is 12.3. The van der Waals surface area contributed by atoms with Crippen molar-refractivity contribution in [3.05, 3.63) is 65.0 Å². The molecular formula is C20H20F3N2O-. The van der Waals surface area contributed by atoms with Crippen LogP contribution < -0.4 is 0 Å². The number of alkyl halides is 3. The summed E-state index contributed by atoms with van der Waals surface area (Å²) in [6.45, 7) is 1.79. The number of hydrogen-bond acceptors (Lipinski definition) is 2. The normalized spacial score (nSPS) is 16.5. The van der Waals surface area contributed by atoms with Gasteiger partial charge in [-0.3, -0.25) is 4.79 Å². The van der Waals surface area contributed by atoms with Gasteiger partial charge in [0.15, 0.2) is 5.78 Å². The van der Waals surface area contributed by atoms with Crippen LogP contribution in [-0.2, 0) is 6.18 Å². The van der Waals surface area contributed by atoms with E-state index in [1.165, 1.54) is 12.1 Å². The van der Waals surface area contributed by atoms with Crippen LogP contribution in [-0.4, -0.2) is 30.8 Å². The number of piperidine rings is 1. The molecule has 2 aromatic rings. The average molecular weight is 361 g/mol. The average Bonchev–Trinajstić information content (AvgIpc) is 2.61. The maximum Gasteiger partial charge on any atom is 0.416 e. The van der Waals surface area contributed by atoms with E-state index in [-0.39, 0.29) is 17.4 Å². The molecule has 1 aliphatic heterocycles. The van der Waals surface area contributed by atoms with Crippen molar-refractivity contribution < 1.29 is 18.0 Å². The van der Waals surface area contributed by atoms with E-state index in [4.69, 9.17) is 0 Å². The third-order valence-electron chi connectivity index (χ3n) is 4.65. The van der Waals surface area contributed by atoms with E-state index in [9.17, 15) is 18.0 Å². The van der Waals surface area contributed by atoms with Crippen LogP contribution in [0.2, 0.25) is 0 Å². The van der Waals surface area contributed by atoms with Gasteiger partial charge in [-0.25, -0.2) is 0 Å². The van der Waals surface area contributed by atoms with Crippen LogP contribution in [0.25, 0.3) is 5.32 Å². The first kappa shape index (κ1) is 18.5. The highest BCUT2D eigenvalue weighted by Gasteiger charge is 2.29. The number of ketones is 1. The zero-order valence-electron chi connectivity index (χ0n) is 14.5. The number of Topliss-reactive ketones (excluding diaryl/α,β-unsaturated/α-hetero) is 1. The molecule has 0 spiro atoms. The number of carbonyl (C=O) groups is 1. The first-order valence-electron chi connectivity index (χ1n) is 8.55. The molecule has 0 radical (unpaired) electrons. The lowest BCUT2D eigenvalue weighted by Gasteiger charge is -2.28. The van der Waals surface area contributed by atoms with Crippen molar-refractivity contribution in [2.45, 2.75) is 19.0 Å². The van der Waals surface area contributed by atoms with Gasteiger partial charge in [-0.05, 0) is 33.0 Å². The Bertz CT molecular complexity index is 781. The van der Waals surface area contributed by atoms with Crippen LogP contribution in [0.4, 0.5) is 24.5 Å². The maximum atomic E-state index is 12.8. The molecule has 6 heteroatoms. The fourth-order valence-electron chi connectivity index (χ4n) is 3.14. The molecule has 0 unspecified atom stereocenters. The second kappa shape index (κ2) is 7.50. The predicted octanol–water partition coefficient (Wildman–Crippen LogP) is 5.57. The molecule has 0 aliphatic carbocycles. The summed E-state index contributed by atoms with van der Waals surface area (Å²) >= 11 is 0. The third kappa shape index (κ3) is 4.43. The number of halogens is 3. The number of carbonyl (C=O) groups excluding carboxylic acids is 1. The Labute approximate surface area is 150 Å². The Morgan fingerprint density at radius 1 is 1.04 bits per heavy atom. The van der Waals surface area contributed by atoms with Gasteiger partial charge >= 0.3 is 6.18 Å². The number of likely N-dealkylation sites (tertiary alicyclic amines) is 1. The van der Waals surface area contributed by atoms with Crippen molar-refractivity contribution in [2.75, 3.05) is 20.1 Å². The number of rotatable bonds is 4. The summed E-state index contributed by atoms with van der Waals surface area (Å²) < 4.78 is 38.5. The van der Waals surface area contributed by atoms with Crippen molar-refractivity contribution in [3.8, 4) is 0 Å². The van der Waals surface area contributed by atoms with Crippen LogP contribution in [0.5, 0.6) is 0 Å². The highest BCUT2D eigenvalue weighted by molar-refractivity contribution is 5.99. The van der Waals surface area contributed by atoms with E-state index < -0.39 is 11.7 Å². The monoisotopic (exact) mass is 361 g/mol. The first-order valence-corrected chi connectivity index (χ1v) is 8.55. The van der Waals surface area contributed by atoms with Crippen molar-refractivity contribution in [2.24, 2.45) is 5.92 Å². The van der Waals surface area contributed by atoms with Crippen molar-refractivity contribution in [3.63, 3.8) is 0 Å². The van der Waals surface area contributed by atoms with Gasteiger partial charge < -0.3 is 10.2 Å². The zero-order valence-corrected chi connectivity index (χ0v) is 14.5. The Kier molecular flexibility index (Phi) is 5.32. The Morgan fingerprint density at radius 3 is 2.31 bits per heavy atom. The summed E-state index contributed by atoms with van der Waals surface area (Å²) in [6, 6.07) is 11.7. The van der Waals surface area contributed by atoms with Gasteiger partial charge in [0, 0.05) is 11.5 Å². The smallest absolute Gasteiger partial charge is 0.416 e. The fraction of sp³-hybridized carbons (Fsp3) is 0.350. The quantitative estimate of drug-likeness (QED) is 0.668. The molecule has 1 aliphatic rings. The van der Waals surface area contributed by atoms with Gasteiger partial charge in [-0.1, -0.05) is 48.5 Å². The molecule has 0 atom stereocenters. The molecule has 3 rings (SSSR count). The lowest BCUT2D eigenvalue weighted by Crippen LogP contribution is -2.33. The summed E-state index contributed by atoms with van der Waals surface area (Å²) in [5.74, 6) is 0.0780. The number of benzene rings is 2. The Balaban J connectivity index is 1.74. The van der Waals surface area contributed by atoms with E-state index in [0.29, 0.717) is 11.3 Å². The summed E-state index contributed by atoms with van der Waals surface area (Å²) in [4.78, 5) is 14.9. The van der Waals surface area contributed by atoms with Crippen molar-refractivity contribution >= 4 is 17.2 Å². The molecule has 0 amide bonds. The molecule has 1 saturated heterocycles. The molecule has 0 aromatic heterocycles. The summed E-state index contributed by atoms with van der Waals surface area (Å²) in [7, 11) is 2.04. The van der Waals surface area contributed by atoms with E-state index in [2.05, 4.69) is 10.2 Å². The van der Waals surface area contributed by atoms with Crippen LogP contribution in [0.15, 0.2) is 48.5 Å².